The lowest BCUT2D eigenvalue weighted by atomic mass is 10.1. The van der Waals surface area contributed by atoms with Crippen LogP contribution in [0.4, 0.5) is 0 Å². The molecule has 3 rings (SSSR count). The molecular formula is C16H22N2O2S. The fraction of sp³-hybridized carbons (Fsp3) is 0.562. The first-order valence-electron chi connectivity index (χ1n) is 7.50. The predicted molar refractivity (Wildman–Crippen MR) is 85.5 cm³/mol. The zero-order valence-electron chi connectivity index (χ0n) is 12.5. The topological polar surface area (TPSA) is 41.6 Å². The molecule has 3 unspecified atom stereocenters. The molecule has 0 saturated carbocycles. The highest BCUT2D eigenvalue weighted by atomic mass is 32.2. The van der Waals surface area contributed by atoms with E-state index in [1.807, 2.05) is 36.9 Å². The summed E-state index contributed by atoms with van der Waals surface area (Å²) in [6.07, 6.45) is 2.26. The number of rotatable bonds is 3. The van der Waals surface area contributed by atoms with Crippen LogP contribution in [0.15, 0.2) is 24.3 Å². The van der Waals surface area contributed by atoms with Crippen LogP contribution in [0.2, 0.25) is 0 Å². The van der Waals surface area contributed by atoms with Crippen LogP contribution in [-0.4, -0.2) is 41.5 Å². The zero-order valence-corrected chi connectivity index (χ0v) is 13.4. The standard InChI is InChI=1S/C16H22N2O2S/c1-11-16(19)18(13-6-4-8-21-10-13)15(17-11)12-5-3-7-14(9-12)20-2/h3,5,7,9,11,13,15,17H,4,6,8,10H2,1-2H3. The van der Waals surface area contributed by atoms with Gasteiger partial charge in [-0.3, -0.25) is 10.1 Å². The Morgan fingerprint density at radius 2 is 2.29 bits per heavy atom. The van der Waals surface area contributed by atoms with E-state index >= 15 is 0 Å². The number of methoxy groups -OCH3 is 1. The SMILES string of the molecule is COc1cccc(C2NC(C)C(=O)N2C2CCCSC2)c1. The van der Waals surface area contributed by atoms with Gasteiger partial charge in [-0.25, -0.2) is 0 Å². The van der Waals surface area contributed by atoms with E-state index in [9.17, 15) is 4.79 Å². The molecule has 1 amide bonds. The summed E-state index contributed by atoms with van der Waals surface area (Å²) in [6, 6.07) is 8.22. The highest BCUT2D eigenvalue weighted by Crippen LogP contribution is 2.33. The summed E-state index contributed by atoms with van der Waals surface area (Å²) < 4.78 is 5.31. The summed E-state index contributed by atoms with van der Waals surface area (Å²) in [5.74, 6) is 3.31. The lowest BCUT2D eigenvalue weighted by molar-refractivity contribution is -0.131. The minimum atomic E-state index is -0.117. The van der Waals surface area contributed by atoms with E-state index in [0.29, 0.717) is 6.04 Å². The lowest BCUT2D eigenvalue weighted by Crippen LogP contribution is -2.42. The van der Waals surface area contributed by atoms with Crippen LogP contribution < -0.4 is 10.1 Å². The van der Waals surface area contributed by atoms with Gasteiger partial charge in [0.05, 0.1) is 13.2 Å². The van der Waals surface area contributed by atoms with Crippen molar-refractivity contribution in [1.29, 1.82) is 0 Å². The summed E-state index contributed by atoms with van der Waals surface area (Å²) in [6.45, 7) is 1.95. The Kier molecular flexibility index (Phi) is 4.40. The molecule has 114 valence electrons. The van der Waals surface area contributed by atoms with Gasteiger partial charge in [0.25, 0.3) is 0 Å². The molecule has 4 nitrogen and oxygen atoms in total. The number of ether oxygens (including phenoxy) is 1. The summed E-state index contributed by atoms with van der Waals surface area (Å²) in [7, 11) is 1.67. The van der Waals surface area contributed by atoms with Gasteiger partial charge in [-0.1, -0.05) is 12.1 Å². The minimum absolute atomic E-state index is 0.0358. The Morgan fingerprint density at radius 3 is 3.00 bits per heavy atom. The third-order valence-corrected chi connectivity index (χ3v) is 5.45. The van der Waals surface area contributed by atoms with Crippen LogP contribution >= 0.6 is 11.8 Å². The second kappa shape index (κ2) is 6.28. The molecule has 1 N–H and O–H groups in total. The lowest BCUT2D eigenvalue weighted by Gasteiger charge is -2.35. The first kappa shape index (κ1) is 14.7. The quantitative estimate of drug-likeness (QED) is 0.931. The maximum absolute atomic E-state index is 12.6. The largest absolute Gasteiger partial charge is 0.497 e. The molecule has 0 aromatic heterocycles. The molecule has 0 bridgehead atoms. The highest BCUT2D eigenvalue weighted by Gasteiger charge is 2.41. The van der Waals surface area contributed by atoms with Crippen LogP contribution in [0.25, 0.3) is 0 Å². The molecule has 2 heterocycles. The number of amides is 1. The van der Waals surface area contributed by atoms with Gasteiger partial charge in [-0.2, -0.15) is 11.8 Å². The molecule has 21 heavy (non-hydrogen) atoms. The van der Waals surface area contributed by atoms with Crippen LogP contribution in [0, 0.1) is 0 Å². The number of nitrogens with one attached hydrogen (secondary N) is 1. The Morgan fingerprint density at radius 1 is 1.43 bits per heavy atom. The Balaban J connectivity index is 1.88. The van der Waals surface area contributed by atoms with Gasteiger partial charge in [0.1, 0.15) is 11.9 Å². The molecule has 1 aromatic carbocycles. The van der Waals surface area contributed by atoms with Gasteiger partial charge in [0.2, 0.25) is 5.91 Å². The van der Waals surface area contributed by atoms with E-state index in [1.54, 1.807) is 7.11 Å². The Labute approximate surface area is 130 Å². The maximum Gasteiger partial charge on any atom is 0.241 e. The van der Waals surface area contributed by atoms with E-state index in [0.717, 1.165) is 23.5 Å². The smallest absolute Gasteiger partial charge is 0.241 e. The molecule has 2 aliphatic rings. The van der Waals surface area contributed by atoms with Gasteiger partial charge in [0, 0.05) is 11.8 Å². The highest BCUT2D eigenvalue weighted by molar-refractivity contribution is 7.99. The summed E-state index contributed by atoms with van der Waals surface area (Å²) >= 11 is 1.95. The average molecular weight is 306 g/mol. The molecule has 0 spiro atoms. The zero-order chi connectivity index (χ0) is 14.8. The Hall–Kier alpha value is -1.20. The number of carbonyl (C=O) groups is 1. The number of carbonyl (C=O) groups excluding carboxylic acids is 1. The van der Waals surface area contributed by atoms with Crippen LogP contribution in [-0.2, 0) is 4.79 Å². The van der Waals surface area contributed by atoms with Crippen LogP contribution in [0.5, 0.6) is 5.75 Å². The van der Waals surface area contributed by atoms with Crippen molar-refractivity contribution in [2.24, 2.45) is 0 Å². The molecule has 2 fully saturated rings. The van der Waals surface area contributed by atoms with Gasteiger partial charge in [-0.05, 0) is 43.2 Å². The van der Waals surface area contributed by atoms with Crippen molar-refractivity contribution in [3.8, 4) is 5.75 Å². The summed E-state index contributed by atoms with van der Waals surface area (Å²) in [4.78, 5) is 14.6. The van der Waals surface area contributed by atoms with Crippen molar-refractivity contribution in [2.45, 2.75) is 38.0 Å². The minimum Gasteiger partial charge on any atom is -0.497 e. The van der Waals surface area contributed by atoms with Crippen molar-refractivity contribution < 1.29 is 9.53 Å². The van der Waals surface area contributed by atoms with Crippen molar-refractivity contribution in [1.82, 2.24) is 10.2 Å². The number of hydrogen-bond donors (Lipinski definition) is 1. The van der Waals surface area contributed by atoms with Gasteiger partial charge in [-0.15, -0.1) is 0 Å². The first-order chi connectivity index (χ1) is 10.2. The number of thioether (sulfide) groups is 1. The van der Waals surface area contributed by atoms with Gasteiger partial charge in [0.15, 0.2) is 0 Å². The fourth-order valence-electron chi connectivity index (χ4n) is 3.14. The molecule has 3 atom stereocenters. The Bertz CT molecular complexity index is 517. The summed E-state index contributed by atoms with van der Waals surface area (Å²) in [5.41, 5.74) is 1.10. The monoisotopic (exact) mass is 306 g/mol. The maximum atomic E-state index is 12.6. The molecule has 5 heteroatoms. The van der Waals surface area contributed by atoms with E-state index in [2.05, 4.69) is 16.3 Å². The van der Waals surface area contributed by atoms with E-state index in [4.69, 9.17) is 4.74 Å². The normalized spacial score (nSPS) is 29.7. The molecule has 0 aliphatic carbocycles. The van der Waals surface area contributed by atoms with E-state index in [-0.39, 0.29) is 18.1 Å². The molecule has 1 aromatic rings. The van der Waals surface area contributed by atoms with Crippen LogP contribution in [0.3, 0.4) is 0 Å². The third kappa shape index (κ3) is 2.90. The molecule has 2 aliphatic heterocycles. The second-order valence-electron chi connectivity index (χ2n) is 5.68. The van der Waals surface area contributed by atoms with Gasteiger partial charge < -0.3 is 9.64 Å². The molecular weight excluding hydrogens is 284 g/mol. The number of nitrogens with zero attached hydrogens (tertiary/aromatic N) is 1. The van der Waals surface area contributed by atoms with Crippen molar-refractivity contribution in [2.75, 3.05) is 18.6 Å². The second-order valence-corrected chi connectivity index (χ2v) is 6.83. The van der Waals surface area contributed by atoms with Crippen molar-refractivity contribution in [3.05, 3.63) is 29.8 Å². The average Bonchev–Trinajstić information content (AvgIpc) is 2.84. The van der Waals surface area contributed by atoms with E-state index in [1.165, 1.54) is 12.2 Å². The van der Waals surface area contributed by atoms with Crippen LogP contribution in [0.1, 0.15) is 31.5 Å². The fourth-order valence-corrected chi connectivity index (χ4v) is 4.28. The van der Waals surface area contributed by atoms with Crippen molar-refractivity contribution in [3.63, 3.8) is 0 Å². The molecule has 2 saturated heterocycles. The number of benzene rings is 1. The number of hydrogen-bond acceptors (Lipinski definition) is 4. The third-order valence-electron chi connectivity index (χ3n) is 4.25. The van der Waals surface area contributed by atoms with E-state index < -0.39 is 0 Å². The summed E-state index contributed by atoms with van der Waals surface area (Å²) in [5, 5.41) is 3.43. The first-order valence-corrected chi connectivity index (χ1v) is 8.66. The van der Waals surface area contributed by atoms with Gasteiger partial charge >= 0.3 is 0 Å². The molecule has 0 radical (unpaired) electrons. The predicted octanol–water partition coefficient (Wildman–Crippen LogP) is 2.41. The van der Waals surface area contributed by atoms with Crippen molar-refractivity contribution >= 4 is 17.7 Å².